The number of hydrogen-bond acceptors (Lipinski definition) is 3. The predicted octanol–water partition coefficient (Wildman–Crippen LogP) is 1.40. The van der Waals surface area contributed by atoms with Gasteiger partial charge in [-0.2, -0.15) is 0 Å². The average molecular weight is 248 g/mol. The van der Waals surface area contributed by atoms with Crippen molar-refractivity contribution >= 4 is 0 Å². The van der Waals surface area contributed by atoms with Crippen molar-refractivity contribution in [3.05, 3.63) is 35.4 Å². The summed E-state index contributed by atoms with van der Waals surface area (Å²) in [4.78, 5) is 2.40. The Hall–Kier alpha value is -0.900. The molecule has 0 amide bonds. The molecule has 0 radical (unpaired) electrons. The molecular weight excluding hydrogens is 224 g/mol. The maximum Gasteiger partial charge on any atom is 0.0599 e. The number of rotatable bonds is 3. The van der Waals surface area contributed by atoms with Crippen molar-refractivity contribution in [1.29, 1.82) is 0 Å². The lowest BCUT2D eigenvalue weighted by atomic mass is 10.1. The van der Waals surface area contributed by atoms with Gasteiger partial charge in [-0.05, 0) is 24.9 Å². The molecule has 18 heavy (non-hydrogen) atoms. The summed E-state index contributed by atoms with van der Waals surface area (Å²) in [6.07, 6.45) is 0. The first kappa shape index (κ1) is 13.5. The first-order valence-corrected chi connectivity index (χ1v) is 6.80. The van der Waals surface area contributed by atoms with E-state index < -0.39 is 0 Å². The van der Waals surface area contributed by atoms with Crippen LogP contribution in [0.5, 0.6) is 0 Å². The number of benzene rings is 1. The smallest absolute Gasteiger partial charge is 0.0599 e. The van der Waals surface area contributed by atoms with Crippen molar-refractivity contribution in [1.82, 2.24) is 10.2 Å². The molecule has 2 rings (SSSR count). The fourth-order valence-electron chi connectivity index (χ4n) is 2.54. The first-order valence-electron chi connectivity index (χ1n) is 6.80. The molecule has 100 valence electrons. The van der Waals surface area contributed by atoms with Crippen LogP contribution in [0.2, 0.25) is 0 Å². The van der Waals surface area contributed by atoms with Gasteiger partial charge in [-0.15, -0.1) is 0 Å². The van der Waals surface area contributed by atoms with Crippen LogP contribution in [0.3, 0.4) is 0 Å². The summed E-state index contributed by atoms with van der Waals surface area (Å²) >= 11 is 0. The molecule has 1 heterocycles. The molecule has 2 atom stereocenters. The van der Waals surface area contributed by atoms with Crippen LogP contribution in [0, 0.1) is 12.8 Å². The third kappa shape index (κ3) is 3.55. The number of hydrogen-bond donors (Lipinski definition) is 2. The van der Waals surface area contributed by atoms with Crippen molar-refractivity contribution in [3.8, 4) is 0 Å². The van der Waals surface area contributed by atoms with Crippen LogP contribution < -0.4 is 5.32 Å². The highest BCUT2D eigenvalue weighted by Crippen LogP contribution is 2.14. The van der Waals surface area contributed by atoms with Gasteiger partial charge < -0.3 is 10.4 Å². The zero-order valence-electron chi connectivity index (χ0n) is 11.4. The summed E-state index contributed by atoms with van der Waals surface area (Å²) in [5, 5.41) is 12.9. The van der Waals surface area contributed by atoms with Crippen molar-refractivity contribution in [2.45, 2.75) is 26.4 Å². The topological polar surface area (TPSA) is 35.5 Å². The minimum absolute atomic E-state index is 0.228. The molecule has 1 aromatic carbocycles. The molecule has 1 aliphatic rings. The van der Waals surface area contributed by atoms with Crippen LogP contribution in [0.1, 0.15) is 18.1 Å². The Labute approximate surface area is 110 Å². The molecule has 0 saturated carbocycles. The van der Waals surface area contributed by atoms with Gasteiger partial charge in [0.15, 0.2) is 0 Å². The molecular formula is C15H24N2O. The molecule has 0 aliphatic carbocycles. The van der Waals surface area contributed by atoms with Gasteiger partial charge in [0.05, 0.1) is 6.61 Å². The number of nitrogens with zero attached hydrogens (tertiary/aromatic N) is 1. The van der Waals surface area contributed by atoms with Gasteiger partial charge in [0.2, 0.25) is 0 Å². The lowest BCUT2D eigenvalue weighted by Gasteiger charge is -2.29. The molecule has 3 heteroatoms. The summed E-state index contributed by atoms with van der Waals surface area (Å²) in [5.41, 5.74) is 2.62. The molecule has 1 saturated heterocycles. The van der Waals surface area contributed by atoms with Crippen molar-refractivity contribution in [2.24, 2.45) is 5.92 Å². The molecule has 0 bridgehead atoms. The average Bonchev–Trinajstić information content (AvgIpc) is 2.53. The van der Waals surface area contributed by atoms with E-state index in [9.17, 15) is 5.11 Å². The fourth-order valence-corrected chi connectivity index (χ4v) is 2.54. The number of aliphatic hydroxyl groups excluding tert-OH is 1. The molecule has 2 N–H and O–H groups in total. The van der Waals surface area contributed by atoms with E-state index in [1.165, 1.54) is 11.1 Å². The van der Waals surface area contributed by atoms with Crippen LogP contribution in [-0.2, 0) is 6.54 Å². The Kier molecular flexibility index (Phi) is 4.75. The highest BCUT2D eigenvalue weighted by Gasteiger charge is 2.23. The Balaban J connectivity index is 2.05. The highest BCUT2D eigenvalue weighted by molar-refractivity contribution is 5.21. The molecule has 0 aromatic heterocycles. The number of aryl methyl sites for hydroxylation is 1. The van der Waals surface area contributed by atoms with Crippen LogP contribution in [0.25, 0.3) is 0 Å². The van der Waals surface area contributed by atoms with Gasteiger partial charge >= 0.3 is 0 Å². The van der Waals surface area contributed by atoms with Gasteiger partial charge in [0, 0.05) is 25.7 Å². The van der Waals surface area contributed by atoms with E-state index in [0.717, 1.165) is 26.2 Å². The third-order valence-electron chi connectivity index (χ3n) is 3.65. The summed E-state index contributed by atoms with van der Waals surface area (Å²) in [7, 11) is 0. The van der Waals surface area contributed by atoms with Gasteiger partial charge in [-0.3, -0.25) is 4.90 Å². The molecule has 2 unspecified atom stereocenters. The lowest BCUT2D eigenvalue weighted by molar-refractivity contribution is 0.118. The van der Waals surface area contributed by atoms with Gasteiger partial charge in [0.1, 0.15) is 0 Å². The van der Waals surface area contributed by atoms with E-state index in [1.54, 1.807) is 0 Å². The van der Waals surface area contributed by atoms with E-state index in [-0.39, 0.29) is 12.6 Å². The highest BCUT2D eigenvalue weighted by atomic mass is 16.3. The molecule has 1 fully saturated rings. The maximum absolute atomic E-state index is 9.51. The number of nitrogens with one attached hydrogen (secondary N) is 1. The zero-order valence-corrected chi connectivity index (χ0v) is 11.4. The van der Waals surface area contributed by atoms with Crippen LogP contribution in [0.4, 0.5) is 0 Å². The third-order valence-corrected chi connectivity index (χ3v) is 3.65. The van der Waals surface area contributed by atoms with E-state index in [0.29, 0.717) is 5.92 Å². The van der Waals surface area contributed by atoms with Gasteiger partial charge in [0.25, 0.3) is 0 Å². The molecule has 0 spiro atoms. The summed E-state index contributed by atoms with van der Waals surface area (Å²) in [5.74, 6) is 0.631. The normalized spacial score (nSPS) is 25.9. The standard InChI is InChI=1S/C15H24N2O/c1-12-3-5-14(6-4-12)10-17-9-13(2)7-16-8-15(17)11-18/h3-6,13,15-16,18H,7-11H2,1-2H3. The Bertz CT molecular complexity index is 363. The minimum atomic E-state index is 0.228. The largest absolute Gasteiger partial charge is 0.395 e. The van der Waals surface area contributed by atoms with Crippen molar-refractivity contribution in [3.63, 3.8) is 0 Å². The number of aliphatic hydroxyl groups is 1. The molecule has 3 nitrogen and oxygen atoms in total. The van der Waals surface area contributed by atoms with Crippen LogP contribution in [0.15, 0.2) is 24.3 Å². The second-order valence-electron chi connectivity index (χ2n) is 5.51. The Morgan fingerprint density at radius 1 is 1.28 bits per heavy atom. The SMILES string of the molecule is Cc1ccc(CN2CC(C)CNCC2CO)cc1. The maximum atomic E-state index is 9.51. The van der Waals surface area contributed by atoms with Crippen molar-refractivity contribution < 1.29 is 5.11 Å². The van der Waals surface area contributed by atoms with E-state index in [4.69, 9.17) is 0 Å². The van der Waals surface area contributed by atoms with E-state index in [2.05, 4.69) is 48.3 Å². The van der Waals surface area contributed by atoms with Crippen molar-refractivity contribution in [2.75, 3.05) is 26.2 Å². The second kappa shape index (κ2) is 6.32. The fraction of sp³-hybridized carbons (Fsp3) is 0.600. The zero-order chi connectivity index (χ0) is 13.0. The summed E-state index contributed by atoms with van der Waals surface area (Å²) in [6.45, 7) is 8.50. The monoisotopic (exact) mass is 248 g/mol. The van der Waals surface area contributed by atoms with E-state index >= 15 is 0 Å². The summed E-state index contributed by atoms with van der Waals surface area (Å²) < 4.78 is 0. The van der Waals surface area contributed by atoms with Crippen LogP contribution >= 0.6 is 0 Å². The van der Waals surface area contributed by atoms with E-state index in [1.807, 2.05) is 0 Å². The lowest BCUT2D eigenvalue weighted by Crippen LogP contribution is -2.42. The van der Waals surface area contributed by atoms with Gasteiger partial charge in [-0.25, -0.2) is 0 Å². The van der Waals surface area contributed by atoms with Crippen LogP contribution in [-0.4, -0.2) is 42.3 Å². The van der Waals surface area contributed by atoms with Gasteiger partial charge in [-0.1, -0.05) is 36.8 Å². The quantitative estimate of drug-likeness (QED) is 0.849. The minimum Gasteiger partial charge on any atom is -0.395 e. The Morgan fingerprint density at radius 2 is 2.00 bits per heavy atom. The molecule has 1 aromatic rings. The summed E-state index contributed by atoms with van der Waals surface area (Å²) in [6, 6.07) is 8.92. The Morgan fingerprint density at radius 3 is 2.67 bits per heavy atom. The predicted molar refractivity (Wildman–Crippen MR) is 74.5 cm³/mol. The second-order valence-corrected chi connectivity index (χ2v) is 5.51. The first-order chi connectivity index (χ1) is 8.69. The molecule has 1 aliphatic heterocycles.